The lowest BCUT2D eigenvalue weighted by atomic mass is 9.99. The quantitative estimate of drug-likeness (QED) is 0.665. The van der Waals surface area contributed by atoms with Gasteiger partial charge in [-0.3, -0.25) is 4.79 Å². The molecule has 0 spiro atoms. The topological polar surface area (TPSA) is 73.1 Å². The van der Waals surface area contributed by atoms with Crippen molar-refractivity contribution in [1.82, 2.24) is 5.32 Å². The van der Waals surface area contributed by atoms with Gasteiger partial charge in [-0.25, -0.2) is 0 Å². The molecule has 4 heteroatoms. The van der Waals surface area contributed by atoms with E-state index in [0.717, 1.165) is 16.7 Å². The van der Waals surface area contributed by atoms with Crippen molar-refractivity contribution < 1.29 is 9.90 Å². The second kappa shape index (κ2) is 7.47. The van der Waals surface area contributed by atoms with Crippen LogP contribution in [0.1, 0.15) is 35.2 Å². The molecule has 24 heavy (non-hydrogen) atoms. The highest BCUT2D eigenvalue weighted by Crippen LogP contribution is 2.20. The molecule has 1 amide bonds. The van der Waals surface area contributed by atoms with Crippen molar-refractivity contribution in [3.63, 3.8) is 0 Å². The minimum atomic E-state index is -0.436. The molecule has 0 saturated carbocycles. The molecule has 0 heterocycles. The molecule has 2 aromatic carbocycles. The lowest BCUT2D eigenvalue weighted by molar-refractivity contribution is -0.117. The average molecular weight is 320 g/mol. The number of nitrogens with zero attached hydrogens (tertiary/aromatic N) is 1. The van der Waals surface area contributed by atoms with Crippen LogP contribution in [0.4, 0.5) is 0 Å². The maximum absolute atomic E-state index is 12.4. The second-order valence-electron chi connectivity index (χ2n) is 5.82. The zero-order chi connectivity index (χ0) is 17.7. The summed E-state index contributed by atoms with van der Waals surface area (Å²) in [5.74, 6) is -0.348. The van der Waals surface area contributed by atoms with Crippen LogP contribution in [0.15, 0.2) is 48.0 Å². The first-order valence-corrected chi connectivity index (χ1v) is 7.69. The van der Waals surface area contributed by atoms with Crippen LogP contribution in [-0.4, -0.2) is 11.0 Å². The summed E-state index contributed by atoms with van der Waals surface area (Å²) in [4.78, 5) is 12.4. The van der Waals surface area contributed by atoms with Gasteiger partial charge in [0, 0.05) is 0 Å². The van der Waals surface area contributed by atoms with Gasteiger partial charge in [0.05, 0.1) is 6.04 Å². The molecule has 2 N–H and O–H groups in total. The van der Waals surface area contributed by atoms with Crippen LogP contribution < -0.4 is 5.32 Å². The standard InChI is InChI=1S/C20H20N2O2/c1-13-7-8-14(2)19(9-13)15(3)22-20(24)17(12-21)10-16-5-4-6-18(23)11-16/h4-11,15,23H,1-3H3,(H,22,24)/b17-10+. The fourth-order valence-corrected chi connectivity index (χ4v) is 2.51. The van der Waals surface area contributed by atoms with Gasteiger partial charge in [-0.05, 0) is 55.7 Å². The third-order valence-corrected chi connectivity index (χ3v) is 3.80. The molecular formula is C20H20N2O2. The van der Waals surface area contributed by atoms with E-state index >= 15 is 0 Å². The fraction of sp³-hybridized carbons (Fsp3) is 0.200. The number of rotatable bonds is 4. The monoisotopic (exact) mass is 320 g/mol. The smallest absolute Gasteiger partial charge is 0.262 e. The van der Waals surface area contributed by atoms with Crippen LogP contribution >= 0.6 is 0 Å². The second-order valence-corrected chi connectivity index (χ2v) is 5.82. The Morgan fingerprint density at radius 1 is 1.25 bits per heavy atom. The van der Waals surface area contributed by atoms with Gasteiger partial charge in [-0.15, -0.1) is 0 Å². The minimum absolute atomic E-state index is 0.00208. The van der Waals surface area contributed by atoms with E-state index in [-0.39, 0.29) is 17.4 Å². The average Bonchev–Trinajstić information content (AvgIpc) is 2.54. The third kappa shape index (κ3) is 4.23. The van der Waals surface area contributed by atoms with Crippen LogP contribution in [-0.2, 0) is 4.79 Å². The van der Waals surface area contributed by atoms with E-state index in [1.807, 2.05) is 45.0 Å². The Bertz CT molecular complexity index is 832. The highest BCUT2D eigenvalue weighted by molar-refractivity contribution is 6.01. The first-order valence-electron chi connectivity index (χ1n) is 7.69. The minimum Gasteiger partial charge on any atom is -0.508 e. The number of carbonyl (C=O) groups is 1. The number of benzene rings is 2. The number of aromatic hydroxyl groups is 1. The molecule has 0 aliphatic rings. The number of nitrogens with one attached hydrogen (secondary N) is 1. The normalized spacial score (nSPS) is 12.3. The number of hydrogen-bond acceptors (Lipinski definition) is 3. The summed E-state index contributed by atoms with van der Waals surface area (Å²) in [6, 6.07) is 14.2. The van der Waals surface area contributed by atoms with E-state index in [1.165, 1.54) is 18.2 Å². The number of hydrogen-bond donors (Lipinski definition) is 2. The lowest BCUT2D eigenvalue weighted by Gasteiger charge is -2.17. The molecule has 0 aliphatic carbocycles. The molecule has 4 nitrogen and oxygen atoms in total. The number of amides is 1. The molecular weight excluding hydrogens is 300 g/mol. The Morgan fingerprint density at radius 3 is 2.67 bits per heavy atom. The van der Waals surface area contributed by atoms with E-state index < -0.39 is 5.91 Å². The third-order valence-electron chi connectivity index (χ3n) is 3.80. The van der Waals surface area contributed by atoms with Crippen LogP contribution in [0.2, 0.25) is 0 Å². The molecule has 0 fully saturated rings. The van der Waals surface area contributed by atoms with Crippen molar-refractivity contribution >= 4 is 12.0 Å². The lowest BCUT2D eigenvalue weighted by Crippen LogP contribution is -2.28. The Morgan fingerprint density at radius 2 is 2.00 bits per heavy atom. The van der Waals surface area contributed by atoms with E-state index in [1.54, 1.807) is 12.1 Å². The molecule has 2 rings (SSSR count). The van der Waals surface area contributed by atoms with Crippen molar-refractivity contribution in [1.29, 1.82) is 5.26 Å². The largest absolute Gasteiger partial charge is 0.508 e. The van der Waals surface area contributed by atoms with Gasteiger partial charge < -0.3 is 10.4 Å². The van der Waals surface area contributed by atoms with Crippen molar-refractivity contribution in [3.05, 3.63) is 70.3 Å². The predicted molar refractivity (Wildman–Crippen MR) is 94.2 cm³/mol. The Labute approximate surface area is 142 Å². The maximum Gasteiger partial charge on any atom is 0.262 e. The first kappa shape index (κ1) is 17.3. The van der Waals surface area contributed by atoms with E-state index in [0.29, 0.717) is 5.56 Å². The molecule has 2 aromatic rings. The molecule has 1 unspecified atom stereocenters. The van der Waals surface area contributed by atoms with Gasteiger partial charge in [0.25, 0.3) is 5.91 Å². The Hall–Kier alpha value is -3.06. The van der Waals surface area contributed by atoms with Gasteiger partial charge in [0.15, 0.2) is 0 Å². The van der Waals surface area contributed by atoms with Gasteiger partial charge >= 0.3 is 0 Å². The van der Waals surface area contributed by atoms with Gasteiger partial charge in [-0.1, -0.05) is 35.9 Å². The van der Waals surface area contributed by atoms with Crippen LogP contribution in [0.25, 0.3) is 6.08 Å². The van der Waals surface area contributed by atoms with Crippen molar-refractivity contribution in [2.24, 2.45) is 0 Å². The summed E-state index contributed by atoms with van der Waals surface area (Å²) < 4.78 is 0. The molecule has 0 radical (unpaired) electrons. The van der Waals surface area contributed by atoms with Crippen molar-refractivity contribution in [2.45, 2.75) is 26.8 Å². The number of aryl methyl sites for hydroxylation is 2. The van der Waals surface area contributed by atoms with Crippen LogP contribution in [0.3, 0.4) is 0 Å². The summed E-state index contributed by atoms with van der Waals surface area (Å²) in [5.41, 5.74) is 3.83. The van der Waals surface area contributed by atoms with Crippen molar-refractivity contribution in [3.8, 4) is 11.8 Å². The fourth-order valence-electron chi connectivity index (χ4n) is 2.51. The molecule has 0 aliphatic heterocycles. The molecule has 0 bridgehead atoms. The van der Waals surface area contributed by atoms with Gasteiger partial charge in [0.2, 0.25) is 0 Å². The molecule has 122 valence electrons. The van der Waals surface area contributed by atoms with Crippen molar-refractivity contribution in [2.75, 3.05) is 0 Å². The summed E-state index contributed by atoms with van der Waals surface area (Å²) in [5, 5.41) is 21.6. The first-order chi connectivity index (χ1) is 11.4. The van der Waals surface area contributed by atoms with E-state index in [2.05, 4.69) is 5.32 Å². The highest BCUT2D eigenvalue weighted by Gasteiger charge is 2.15. The zero-order valence-electron chi connectivity index (χ0n) is 14.0. The molecule has 0 saturated heterocycles. The summed E-state index contributed by atoms with van der Waals surface area (Å²) in [7, 11) is 0. The van der Waals surface area contributed by atoms with Gasteiger partial charge in [-0.2, -0.15) is 5.26 Å². The Balaban J connectivity index is 2.20. The molecule has 1 atom stereocenters. The van der Waals surface area contributed by atoms with Crippen LogP contribution in [0.5, 0.6) is 5.75 Å². The summed E-state index contributed by atoms with van der Waals surface area (Å²) >= 11 is 0. The van der Waals surface area contributed by atoms with Gasteiger partial charge in [0.1, 0.15) is 17.4 Å². The van der Waals surface area contributed by atoms with E-state index in [4.69, 9.17) is 0 Å². The highest BCUT2D eigenvalue weighted by atomic mass is 16.3. The SMILES string of the molecule is Cc1ccc(C)c(C(C)NC(=O)/C(C#N)=C/c2cccc(O)c2)c1. The maximum atomic E-state index is 12.4. The summed E-state index contributed by atoms with van der Waals surface area (Å²) in [6.07, 6.45) is 1.46. The molecule has 0 aromatic heterocycles. The number of carbonyl (C=O) groups excluding carboxylic acids is 1. The number of phenolic OH excluding ortho intramolecular Hbond substituents is 1. The van der Waals surface area contributed by atoms with Crippen LogP contribution in [0, 0.1) is 25.2 Å². The number of nitriles is 1. The number of phenols is 1. The summed E-state index contributed by atoms with van der Waals surface area (Å²) in [6.45, 7) is 5.88. The predicted octanol–water partition coefficient (Wildman–Crippen LogP) is 3.79. The zero-order valence-corrected chi connectivity index (χ0v) is 14.0. The Kier molecular flexibility index (Phi) is 5.39. The van der Waals surface area contributed by atoms with E-state index in [9.17, 15) is 15.2 Å².